The van der Waals surface area contributed by atoms with E-state index in [4.69, 9.17) is 9.47 Å². The van der Waals surface area contributed by atoms with Crippen LogP contribution in [0.5, 0.6) is 5.75 Å². The van der Waals surface area contributed by atoms with Gasteiger partial charge < -0.3 is 19.3 Å². The van der Waals surface area contributed by atoms with Crippen molar-refractivity contribution >= 4 is 23.6 Å². The largest absolute Gasteiger partial charge is 0.497 e. The molecule has 3 heterocycles. The van der Waals surface area contributed by atoms with Gasteiger partial charge in [0.2, 0.25) is 5.91 Å². The molecule has 2 fully saturated rings. The molecule has 0 aromatic heterocycles. The van der Waals surface area contributed by atoms with E-state index in [1.807, 2.05) is 24.3 Å². The van der Waals surface area contributed by atoms with Gasteiger partial charge >= 0.3 is 0 Å². The van der Waals surface area contributed by atoms with Crippen molar-refractivity contribution < 1.29 is 28.7 Å². The van der Waals surface area contributed by atoms with Crippen LogP contribution >= 0.6 is 0 Å². The second-order valence-electron chi connectivity index (χ2n) is 9.32. The first-order valence-corrected chi connectivity index (χ1v) is 12.3. The summed E-state index contributed by atoms with van der Waals surface area (Å²) in [6, 6.07) is 12.1. The molecule has 9 nitrogen and oxygen atoms in total. The third-order valence-corrected chi connectivity index (χ3v) is 7.04. The van der Waals surface area contributed by atoms with Gasteiger partial charge in [0, 0.05) is 38.3 Å². The number of amides is 4. The lowest BCUT2D eigenvalue weighted by Crippen LogP contribution is -2.51. The SMILES string of the molecule is COc1cccc(CC(=O)N2CCN(C(=O)c3ccc4c(c3)C(=O)N(CC3CCCO3)C4=O)CC2)c1. The molecule has 0 aliphatic carbocycles. The van der Waals surface area contributed by atoms with Gasteiger partial charge in [0.05, 0.1) is 37.3 Å². The van der Waals surface area contributed by atoms with Crippen LogP contribution in [-0.2, 0) is 16.0 Å². The summed E-state index contributed by atoms with van der Waals surface area (Å²) in [6.45, 7) is 2.56. The van der Waals surface area contributed by atoms with Gasteiger partial charge in [-0.15, -0.1) is 0 Å². The maximum Gasteiger partial charge on any atom is 0.261 e. The minimum absolute atomic E-state index is 0.00308. The van der Waals surface area contributed by atoms with Crippen LogP contribution in [0.2, 0.25) is 0 Å². The summed E-state index contributed by atoms with van der Waals surface area (Å²) >= 11 is 0. The number of piperazine rings is 1. The molecule has 36 heavy (non-hydrogen) atoms. The van der Waals surface area contributed by atoms with Crippen LogP contribution in [0.1, 0.15) is 49.5 Å². The Balaban J connectivity index is 1.19. The number of ether oxygens (including phenoxy) is 2. The summed E-state index contributed by atoms with van der Waals surface area (Å²) in [5.41, 5.74) is 1.83. The molecule has 2 saturated heterocycles. The third kappa shape index (κ3) is 4.70. The van der Waals surface area contributed by atoms with Crippen molar-refractivity contribution in [2.45, 2.75) is 25.4 Å². The predicted octanol–water partition coefficient (Wildman–Crippen LogP) is 2.00. The van der Waals surface area contributed by atoms with Gasteiger partial charge in [0.1, 0.15) is 5.75 Å². The minimum Gasteiger partial charge on any atom is -0.497 e. The van der Waals surface area contributed by atoms with Gasteiger partial charge in [-0.25, -0.2) is 0 Å². The number of imide groups is 1. The van der Waals surface area contributed by atoms with E-state index in [9.17, 15) is 19.2 Å². The van der Waals surface area contributed by atoms with Crippen molar-refractivity contribution in [3.63, 3.8) is 0 Å². The van der Waals surface area contributed by atoms with Crippen LogP contribution in [0, 0.1) is 0 Å². The van der Waals surface area contributed by atoms with Gasteiger partial charge in [-0.3, -0.25) is 24.1 Å². The van der Waals surface area contributed by atoms with Crippen LogP contribution in [-0.4, -0.2) is 90.9 Å². The van der Waals surface area contributed by atoms with E-state index >= 15 is 0 Å². The number of hydrogen-bond acceptors (Lipinski definition) is 6. The molecule has 0 N–H and O–H groups in total. The van der Waals surface area contributed by atoms with E-state index < -0.39 is 0 Å². The molecule has 5 rings (SSSR count). The fraction of sp³-hybridized carbons (Fsp3) is 0.407. The summed E-state index contributed by atoms with van der Waals surface area (Å²) in [7, 11) is 1.59. The Bertz CT molecular complexity index is 1200. The molecule has 4 amide bonds. The Morgan fingerprint density at radius 3 is 2.44 bits per heavy atom. The van der Waals surface area contributed by atoms with Crippen molar-refractivity contribution in [2.75, 3.05) is 46.4 Å². The van der Waals surface area contributed by atoms with Crippen LogP contribution in [0.3, 0.4) is 0 Å². The Kier molecular flexibility index (Phi) is 6.73. The molecule has 2 aromatic carbocycles. The van der Waals surface area contributed by atoms with Crippen LogP contribution in [0.15, 0.2) is 42.5 Å². The lowest BCUT2D eigenvalue weighted by atomic mass is 10.0. The van der Waals surface area contributed by atoms with E-state index in [0.717, 1.165) is 18.4 Å². The summed E-state index contributed by atoms with van der Waals surface area (Å²) in [5, 5.41) is 0. The highest BCUT2D eigenvalue weighted by molar-refractivity contribution is 6.22. The van der Waals surface area contributed by atoms with E-state index in [-0.39, 0.29) is 48.3 Å². The van der Waals surface area contributed by atoms with E-state index in [1.165, 1.54) is 11.0 Å². The van der Waals surface area contributed by atoms with E-state index in [2.05, 4.69) is 0 Å². The molecule has 2 aromatic rings. The van der Waals surface area contributed by atoms with Crippen molar-refractivity contribution in [2.24, 2.45) is 0 Å². The Morgan fingerprint density at radius 1 is 0.972 bits per heavy atom. The molecule has 0 saturated carbocycles. The normalized spacial score (nSPS) is 19.6. The third-order valence-electron chi connectivity index (χ3n) is 7.04. The number of nitrogens with zero attached hydrogens (tertiary/aromatic N) is 3. The second-order valence-corrected chi connectivity index (χ2v) is 9.32. The van der Waals surface area contributed by atoms with E-state index in [0.29, 0.717) is 49.7 Å². The number of hydrogen-bond donors (Lipinski definition) is 0. The first-order chi connectivity index (χ1) is 17.4. The molecule has 1 unspecified atom stereocenters. The highest BCUT2D eigenvalue weighted by Crippen LogP contribution is 2.27. The molecule has 3 aliphatic heterocycles. The molecule has 3 aliphatic rings. The molecule has 0 spiro atoms. The number of rotatable bonds is 6. The first kappa shape index (κ1) is 24.0. The van der Waals surface area contributed by atoms with Gasteiger partial charge in [0.25, 0.3) is 17.7 Å². The number of methoxy groups -OCH3 is 1. The standard InChI is InChI=1S/C27H29N3O6/c1-35-20-5-2-4-18(14-20)15-24(31)28-9-11-29(12-10-28)25(32)19-7-8-22-23(16-19)27(34)30(26(22)33)17-21-6-3-13-36-21/h2,4-5,7-8,14,16,21H,3,6,9-13,15,17H2,1H3. The van der Waals surface area contributed by atoms with Crippen LogP contribution in [0.25, 0.3) is 0 Å². The average Bonchev–Trinajstić information content (AvgIpc) is 3.51. The maximum absolute atomic E-state index is 13.2. The van der Waals surface area contributed by atoms with Crippen LogP contribution in [0.4, 0.5) is 0 Å². The Morgan fingerprint density at radius 2 is 1.72 bits per heavy atom. The fourth-order valence-electron chi connectivity index (χ4n) is 4.99. The monoisotopic (exact) mass is 491 g/mol. The quantitative estimate of drug-likeness (QED) is 0.574. The van der Waals surface area contributed by atoms with Gasteiger partial charge in [-0.2, -0.15) is 0 Å². The highest BCUT2D eigenvalue weighted by atomic mass is 16.5. The van der Waals surface area contributed by atoms with Crippen molar-refractivity contribution in [3.8, 4) is 5.75 Å². The smallest absolute Gasteiger partial charge is 0.261 e. The fourth-order valence-corrected chi connectivity index (χ4v) is 4.99. The van der Waals surface area contributed by atoms with Crippen LogP contribution < -0.4 is 4.74 Å². The Labute approximate surface area is 209 Å². The number of benzene rings is 2. The lowest BCUT2D eigenvalue weighted by Gasteiger charge is -2.35. The van der Waals surface area contributed by atoms with Crippen molar-refractivity contribution in [1.29, 1.82) is 0 Å². The van der Waals surface area contributed by atoms with Crippen molar-refractivity contribution in [3.05, 3.63) is 64.7 Å². The second kappa shape index (κ2) is 10.1. The molecule has 0 bridgehead atoms. The highest BCUT2D eigenvalue weighted by Gasteiger charge is 2.38. The summed E-state index contributed by atoms with van der Waals surface area (Å²) in [6.07, 6.45) is 1.89. The molecule has 188 valence electrons. The minimum atomic E-state index is -0.381. The topological polar surface area (TPSA) is 96.5 Å². The Hall–Kier alpha value is -3.72. The first-order valence-electron chi connectivity index (χ1n) is 12.3. The molecule has 0 radical (unpaired) electrons. The lowest BCUT2D eigenvalue weighted by molar-refractivity contribution is -0.131. The number of fused-ring (bicyclic) bond motifs is 1. The molecular weight excluding hydrogens is 462 g/mol. The summed E-state index contributed by atoms with van der Waals surface area (Å²) in [4.78, 5) is 56.3. The zero-order chi connectivity index (χ0) is 25.2. The molecular formula is C27H29N3O6. The zero-order valence-electron chi connectivity index (χ0n) is 20.3. The average molecular weight is 492 g/mol. The van der Waals surface area contributed by atoms with Crippen molar-refractivity contribution in [1.82, 2.24) is 14.7 Å². The van der Waals surface area contributed by atoms with E-state index in [1.54, 1.807) is 29.0 Å². The van der Waals surface area contributed by atoms with Gasteiger partial charge in [-0.1, -0.05) is 12.1 Å². The van der Waals surface area contributed by atoms with Gasteiger partial charge in [0.15, 0.2) is 0 Å². The molecule has 9 heteroatoms. The number of carbonyl (C=O) groups is 4. The number of carbonyl (C=O) groups excluding carboxylic acids is 4. The zero-order valence-corrected chi connectivity index (χ0v) is 20.3. The summed E-state index contributed by atoms with van der Waals surface area (Å²) in [5.74, 6) is -0.222. The predicted molar refractivity (Wildman–Crippen MR) is 130 cm³/mol. The maximum atomic E-state index is 13.2. The summed E-state index contributed by atoms with van der Waals surface area (Å²) < 4.78 is 10.8. The molecule has 1 atom stereocenters. The van der Waals surface area contributed by atoms with Gasteiger partial charge in [-0.05, 0) is 48.7 Å².